The molecule has 0 radical (unpaired) electrons. The number of aromatic amines is 1. The van der Waals surface area contributed by atoms with Crippen molar-refractivity contribution in [1.29, 1.82) is 0 Å². The standard InChI is InChI=1S/C13H14N2O4/c1-3-15-10-6-5-8(13(18)19-4-2)7-9(10)14-11(16)12(15)17/h5-7H,3-4H2,1-2H3,(H,14,16). The topological polar surface area (TPSA) is 81.2 Å². The molecular formula is C13H14N2O4. The smallest absolute Gasteiger partial charge is 0.338 e. The lowest BCUT2D eigenvalue weighted by molar-refractivity contribution is 0.0526. The minimum Gasteiger partial charge on any atom is -0.462 e. The zero-order valence-electron chi connectivity index (χ0n) is 10.7. The van der Waals surface area contributed by atoms with Crippen LogP contribution >= 0.6 is 0 Å². The highest BCUT2D eigenvalue weighted by atomic mass is 16.5. The van der Waals surface area contributed by atoms with Crippen LogP contribution in [0.1, 0.15) is 24.2 Å². The van der Waals surface area contributed by atoms with Crippen LogP contribution in [0.15, 0.2) is 27.8 Å². The second-order valence-corrected chi connectivity index (χ2v) is 3.96. The fourth-order valence-corrected chi connectivity index (χ4v) is 1.93. The number of ether oxygens (including phenoxy) is 1. The number of nitrogens with zero attached hydrogens (tertiary/aromatic N) is 1. The Bertz CT molecular complexity index is 742. The van der Waals surface area contributed by atoms with Crippen LogP contribution in [0.5, 0.6) is 0 Å². The largest absolute Gasteiger partial charge is 0.462 e. The summed E-state index contributed by atoms with van der Waals surface area (Å²) in [5.74, 6) is -0.459. The minimum atomic E-state index is -0.699. The number of esters is 1. The van der Waals surface area contributed by atoms with Crippen molar-refractivity contribution in [2.75, 3.05) is 6.61 Å². The lowest BCUT2D eigenvalue weighted by Crippen LogP contribution is -2.36. The lowest BCUT2D eigenvalue weighted by Gasteiger charge is -2.08. The van der Waals surface area contributed by atoms with E-state index in [1.54, 1.807) is 26.0 Å². The van der Waals surface area contributed by atoms with Crippen molar-refractivity contribution in [2.24, 2.45) is 0 Å². The van der Waals surface area contributed by atoms with Gasteiger partial charge >= 0.3 is 17.1 Å². The highest BCUT2D eigenvalue weighted by molar-refractivity contribution is 5.93. The van der Waals surface area contributed by atoms with Gasteiger partial charge in [0.1, 0.15) is 0 Å². The van der Waals surface area contributed by atoms with Gasteiger partial charge in [0.2, 0.25) is 0 Å². The highest BCUT2D eigenvalue weighted by Crippen LogP contribution is 2.12. The molecule has 0 bridgehead atoms. The molecule has 0 spiro atoms. The number of aromatic nitrogens is 2. The number of nitrogens with one attached hydrogen (secondary N) is 1. The van der Waals surface area contributed by atoms with E-state index in [9.17, 15) is 14.4 Å². The molecule has 100 valence electrons. The van der Waals surface area contributed by atoms with Gasteiger partial charge < -0.3 is 14.3 Å². The molecular weight excluding hydrogens is 248 g/mol. The number of rotatable bonds is 3. The monoisotopic (exact) mass is 262 g/mol. The first-order chi connectivity index (χ1) is 9.08. The Hall–Kier alpha value is -2.37. The number of fused-ring (bicyclic) bond motifs is 1. The molecule has 1 aromatic carbocycles. The van der Waals surface area contributed by atoms with Crippen molar-refractivity contribution in [1.82, 2.24) is 9.55 Å². The Morgan fingerprint density at radius 3 is 2.68 bits per heavy atom. The normalized spacial score (nSPS) is 10.6. The number of benzene rings is 1. The van der Waals surface area contributed by atoms with Gasteiger partial charge in [0.05, 0.1) is 23.2 Å². The van der Waals surface area contributed by atoms with Crippen molar-refractivity contribution in [3.8, 4) is 0 Å². The van der Waals surface area contributed by atoms with Gasteiger partial charge in [-0.1, -0.05) is 0 Å². The van der Waals surface area contributed by atoms with Crippen molar-refractivity contribution in [3.63, 3.8) is 0 Å². The molecule has 0 aliphatic carbocycles. The van der Waals surface area contributed by atoms with Crippen LogP contribution in [0.4, 0.5) is 0 Å². The van der Waals surface area contributed by atoms with Crippen LogP contribution in [0.25, 0.3) is 11.0 Å². The maximum absolute atomic E-state index is 11.7. The second-order valence-electron chi connectivity index (χ2n) is 3.96. The summed E-state index contributed by atoms with van der Waals surface area (Å²) >= 11 is 0. The molecule has 1 N–H and O–H groups in total. The summed E-state index contributed by atoms with van der Waals surface area (Å²) < 4.78 is 6.25. The zero-order chi connectivity index (χ0) is 14.0. The van der Waals surface area contributed by atoms with E-state index in [1.807, 2.05) is 0 Å². The average molecular weight is 262 g/mol. The fourth-order valence-electron chi connectivity index (χ4n) is 1.93. The van der Waals surface area contributed by atoms with E-state index < -0.39 is 17.1 Å². The van der Waals surface area contributed by atoms with Crippen molar-refractivity contribution in [2.45, 2.75) is 20.4 Å². The van der Waals surface area contributed by atoms with E-state index in [4.69, 9.17) is 4.74 Å². The average Bonchev–Trinajstić information content (AvgIpc) is 2.40. The molecule has 0 unspecified atom stereocenters. The Balaban J connectivity index is 2.68. The molecule has 0 aliphatic rings. The molecule has 19 heavy (non-hydrogen) atoms. The maximum Gasteiger partial charge on any atom is 0.338 e. The number of aryl methyl sites for hydroxylation is 1. The van der Waals surface area contributed by atoms with Gasteiger partial charge in [-0.25, -0.2) is 4.79 Å². The van der Waals surface area contributed by atoms with Crippen LogP contribution in [0.2, 0.25) is 0 Å². The van der Waals surface area contributed by atoms with E-state index >= 15 is 0 Å². The van der Waals surface area contributed by atoms with E-state index in [0.29, 0.717) is 23.1 Å². The first kappa shape index (κ1) is 13.1. The summed E-state index contributed by atoms with van der Waals surface area (Å²) in [6.45, 7) is 4.16. The van der Waals surface area contributed by atoms with Gasteiger partial charge in [0.15, 0.2) is 0 Å². The molecule has 0 aliphatic heterocycles. The third kappa shape index (κ3) is 2.29. The molecule has 1 heterocycles. The fraction of sp³-hybridized carbons (Fsp3) is 0.308. The molecule has 0 atom stereocenters. The Labute approximate surface area is 108 Å². The Morgan fingerprint density at radius 1 is 1.32 bits per heavy atom. The molecule has 6 nitrogen and oxygen atoms in total. The predicted octanol–water partition coefficient (Wildman–Crippen LogP) is 0.886. The molecule has 0 fully saturated rings. The van der Waals surface area contributed by atoms with Crippen molar-refractivity contribution < 1.29 is 9.53 Å². The van der Waals surface area contributed by atoms with E-state index in [0.717, 1.165) is 0 Å². The van der Waals surface area contributed by atoms with Gasteiger partial charge in [-0.15, -0.1) is 0 Å². The molecule has 6 heteroatoms. The minimum absolute atomic E-state index is 0.280. The first-order valence-corrected chi connectivity index (χ1v) is 6.02. The van der Waals surface area contributed by atoms with Crippen molar-refractivity contribution in [3.05, 3.63) is 44.5 Å². The number of carbonyl (C=O) groups excluding carboxylic acids is 1. The lowest BCUT2D eigenvalue weighted by atomic mass is 10.2. The third-order valence-corrected chi connectivity index (χ3v) is 2.80. The summed E-state index contributed by atoms with van der Waals surface area (Å²) in [6, 6.07) is 4.72. The van der Waals surface area contributed by atoms with Crippen molar-refractivity contribution >= 4 is 17.0 Å². The molecule has 0 saturated carbocycles. The van der Waals surface area contributed by atoms with Crippen LogP contribution in [-0.4, -0.2) is 22.1 Å². The number of carbonyl (C=O) groups is 1. The van der Waals surface area contributed by atoms with Crippen LogP contribution in [-0.2, 0) is 11.3 Å². The SMILES string of the molecule is CCOC(=O)c1ccc2c(c1)[nH]c(=O)c(=O)n2CC. The molecule has 0 saturated heterocycles. The molecule has 1 aromatic heterocycles. The number of H-pyrrole nitrogens is 1. The van der Waals surface area contributed by atoms with E-state index in [1.165, 1.54) is 10.6 Å². The molecule has 2 aromatic rings. The number of hydrogen-bond acceptors (Lipinski definition) is 4. The van der Waals surface area contributed by atoms with Crippen LogP contribution in [0, 0.1) is 0 Å². The molecule has 2 rings (SSSR count). The Kier molecular flexibility index (Phi) is 3.50. The first-order valence-electron chi connectivity index (χ1n) is 6.02. The van der Waals surface area contributed by atoms with Crippen LogP contribution in [0.3, 0.4) is 0 Å². The van der Waals surface area contributed by atoms with Gasteiger partial charge in [-0.05, 0) is 32.0 Å². The molecule has 0 amide bonds. The predicted molar refractivity (Wildman–Crippen MR) is 70.5 cm³/mol. The van der Waals surface area contributed by atoms with Gasteiger partial charge in [-0.3, -0.25) is 9.59 Å². The van der Waals surface area contributed by atoms with Crippen LogP contribution < -0.4 is 11.1 Å². The van der Waals surface area contributed by atoms with E-state index in [-0.39, 0.29) is 6.61 Å². The summed E-state index contributed by atoms with van der Waals surface area (Å²) in [4.78, 5) is 37.3. The second kappa shape index (κ2) is 5.09. The third-order valence-electron chi connectivity index (χ3n) is 2.80. The summed E-state index contributed by atoms with van der Waals surface area (Å²) in [5, 5.41) is 0. The quantitative estimate of drug-likeness (QED) is 0.658. The summed E-state index contributed by atoms with van der Waals surface area (Å²) in [5.41, 5.74) is 0.0673. The van der Waals surface area contributed by atoms with Gasteiger partial charge in [0, 0.05) is 6.54 Å². The van der Waals surface area contributed by atoms with Gasteiger partial charge in [0.25, 0.3) is 0 Å². The summed E-state index contributed by atoms with van der Waals surface area (Å²) in [6.07, 6.45) is 0. The maximum atomic E-state index is 11.7. The Morgan fingerprint density at radius 2 is 2.05 bits per heavy atom. The zero-order valence-corrected chi connectivity index (χ0v) is 10.7. The van der Waals surface area contributed by atoms with E-state index in [2.05, 4.69) is 4.98 Å². The summed E-state index contributed by atoms with van der Waals surface area (Å²) in [7, 11) is 0. The van der Waals surface area contributed by atoms with Gasteiger partial charge in [-0.2, -0.15) is 0 Å². The highest BCUT2D eigenvalue weighted by Gasteiger charge is 2.10. The number of hydrogen-bond donors (Lipinski definition) is 1.